The first-order valence-electron chi connectivity index (χ1n) is 8.90. The van der Waals surface area contributed by atoms with Crippen molar-refractivity contribution in [2.75, 3.05) is 34.0 Å². The summed E-state index contributed by atoms with van der Waals surface area (Å²) in [6.45, 7) is 0.349. The molecule has 0 aliphatic carbocycles. The first-order chi connectivity index (χ1) is 13.4. The normalized spacial score (nSPS) is 16.0. The van der Waals surface area contributed by atoms with Crippen LogP contribution in [-0.2, 0) is 9.53 Å². The predicted molar refractivity (Wildman–Crippen MR) is 97.5 cm³/mol. The Hall–Kier alpha value is -2.88. The number of nitro groups is 1. The third kappa shape index (κ3) is 4.89. The second kappa shape index (κ2) is 9.88. The minimum absolute atomic E-state index is 0.107. The number of hydrogen-bond acceptors (Lipinski definition) is 8. The molecule has 1 aliphatic heterocycles. The molecular weight excluding hydrogens is 372 g/mol. The first-order valence-corrected chi connectivity index (χ1v) is 8.90. The zero-order valence-electron chi connectivity index (χ0n) is 15.9. The van der Waals surface area contributed by atoms with Gasteiger partial charge in [0.25, 0.3) is 11.6 Å². The van der Waals surface area contributed by atoms with Crippen molar-refractivity contribution in [3.05, 3.63) is 27.8 Å². The Morgan fingerprint density at radius 2 is 2.07 bits per heavy atom. The number of amides is 1. The number of carbonyl (C=O) groups excluding carboxylic acids is 2. The van der Waals surface area contributed by atoms with Crippen LogP contribution in [-0.4, -0.2) is 66.8 Å². The van der Waals surface area contributed by atoms with E-state index in [1.807, 2.05) is 0 Å². The smallest absolute Gasteiger partial charge is 0.305 e. The van der Waals surface area contributed by atoms with Crippen LogP contribution in [0.5, 0.6) is 11.5 Å². The van der Waals surface area contributed by atoms with Crippen molar-refractivity contribution in [3.8, 4) is 11.5 Å². The summed E-state index contributed by atoms with van der Waals surface area (Å²) in [5.74, 6) is -0.632. The maximum absolute atomic E-state index is 12.9. The number of methoxy groups -OCH3 is 2. The average molecular weight is 396 g/mol. The molecule has 154 valence electrons. The fourth-order valence-electron chi connectivity index (χ4n) is 3.09. The van der Waals surface area contributed by atoms with Crippen LogP contribution in [0.1, 0.15) is 36.0 Å². The van der Waals surface area contributed by atoms with Crippen molar-refractivity contribution in [1.82, 2.24) is 4.90 Å². The summed E-state index contributed by atoms with van der Waals surface area (Å²) in [7, 11) is 2.65. The van der Waals surface area contributed by atoms with Crippen molar-refractivity contribution >= 4 is 17.6 Å². The minimum atomic E-state index is -0.655. The van der Waals surface area contributed by atoms with Crippen molar-refractivity contribution in [2.24, 2.45) is 0 Å². The highest BCUT2D eigenvalue weighted by Crippen LogP contribution is 2.36. The van der Waals surface area contributed by atoms with Gasteiger partial charge in [-0.1, -0.05) is 0 Å². The Labute approximate surface area is 162 Å². The molecule has 0 spiro atoms. The van der Waals surface area contributed by atoms with Gasteiger partial charge in [-0.05, 0) is 19.3 Å². The van der Waals surface area contributed by atoms with Gasteiger partial charge in [-0.15, -0.1) is 0 Å². The number of aliphatic hydroxyl groups excluding tert-OH is 1. The second-order valence-corrected chi connectivity index (χ2v) is 6.28. The highest BCUT2D eigenvalue weighted by molar-refractivity contribution is 5.99. The summed E-state index contributed by atoms with van der Waals surface area (Å²) in [5, 5.41) is 21.0. The molecule has 1 fully saturated rings. The molecule has 1 saturated heterocycles. The molecule has 10 nitrogen and oxygen atoms in total. The maximum Gasteiger partial charge on any atom is 0.305 e. The van der Waals surface area contributed by atoms with Crippen molar-refractivity contribution in [2.45, 2.75) is 31.7 Å². The van der Waals surface area contributed by atoms with Crippen LogP contribution in [0.2, 0.25) is 0 Å². The van der Waals surface area contributed by atoms with Gasteiger partial charge in [0.15, 0.2) is 11.5 Å². The minimum Gasteiger partial charge on any atom is -0.493 e. The Bertz CT molecular complexity index is 737. The Morgan fingerprint density at radius 3 is 2.68 bits per heavy atom. The number of rotatable bonds is 9. The van der Waals surface area contributed by atoms with Crippen LogP contribution in [0.15, 0.2) is 12.1 Å². The van der Waals surface area contributed by atoms with E-state index in [2.05, 4.69) is 4.74 Å². The standard InChI is InChI=1S/C18H24N2O8/c1-26-15-9-13(18(23)19-7-3-5-12(19)11-21)14(20(24)25)10-16(15)28-8-4-6-17(22)27-2/h9-10,12,21H,3-8,11H2,1-2H3/t12-/m0/s1. The quantitative estimate of drug-likeness (QED) is 0.288. The lowest BCUT2D eigenvalue weighted by molar-refractivity contribution is -0.385. The molecule has 1 N–H and O–H groups in total. The van der Waals surface area contributed by atoms with Gasteiger partial charge >= 0.3 is 5.97 Å². The van der Waals surface area contributed by atoms with Crippen LogP contribution in [0.4, 0.5) is 5.69 Å². The molecule has 0 saturated carbocycles. The lowest BCUT2D eigenvalue weighted by atomic mass is 10.1. The van der Waals surface area contributed by atoms with Crippen molar-refractivity contribution in [1.29, 1.82) is 0 Å². The molecule has 2 rings (SSSR count). The van der Waals surface area contributed by atoms with E-state index in [-0.39, 0.29) is 48.7 Å². The summed E-state index contributed by atoms with van der Waals surface area (Å²) >= 11 is 0. The Morgan fingerprint density at radius 1 is 1.32 bits per heavy atom. The number of aliphatic hydroxyl groups is 1. The number of nitro benzene ring substituents is 1. The van der Waals surface area contributed by atoms with Crippen molar-refractivity contribution in [3.63, 3.8) is 0 Å². The molecule has 1 amide bonds. The molecule has 1 aromatic carbocycles. The molecule has 0 bridgehead atoms. The molecule has 1 heterocycles. The van der Waals surface area contributed by atoms with E-state index in [9.17, 15) is 24.8 Å². The largest absolute Gasteiger partial charge is 0.493 e. The number of nitrogens with zero attached hydrogens (tertiary/aromatic N) is 2. The number of hydrogen-bond donors (Lipinski definition) is 1. The molecule has 1 aliphatic rings. The van der Waals surface area contributed by atoms with E-state index in [1.165, 1.54) is 25.2 Å². The van der Waals surface area contributed by atoms with Gasteiger partial charge in [-0.3, -0.25) is 19.7 Å². The van der Waals surface area contributed by atoms with Gasteiger partial charge in [-0.25, -0.2) is 0 Å². The van der Waals surface area contributed by atoms with Gasteiger partial charge in [-0.2, -0.15) is 0 Å². The third-order valence-electron chi connectivity index (χ3n) is 4.57. The van der Waals surface area contributed by atoms with E-state index in [0.717, 1.165) is 12.5 Å². The summed E-state index contributed by atoms with van der Waals surface area (Å²) in [5.41, 5.74) is -0.526. The molecule has 1 atom stereocenters. The van der Waals surface area contributed by atoms with Crippen LogP contribution in [0.25, 0.3) is 0 Å². The summed E-state index contributed by atoms with van der Waals surface area (Å²) in [4.78, 5) is 36.3. The van der Waals surface area contributed by atoms with Gasteiger partial charge in [0.05, 0.1) is 44.5 Å². The first kappa shape index (κ1) is 21.4. The lowest BCUT2D eigenvalue weighted by Gasteiger charge is -2.23. The molecule has 1 aromatic rings. The Kier molecular flexibility index (Phi) is 7.56. The van der Waals surface area contributed by atoms with Crippen molar-refractivity contribution < 1.29 is 33.8 Å². The Balaban J connectivity index is 2.25. The fraction of sp³-hybridized carbons (Fsp3) is 0.556. The fourth-order valence-corrected chi connectivity index (χ4v) is 3.09. The summed E-state index contributed by atoms with van der Waals surface area (Å²) in [6, 6.07) is 2.07. The number of esters is 1. The van der Waals surface area contributed by atoms with Crippen LogP contribution >= 0.6 is 0 Å². The van der Waals surface area contributed by atoms with E-state index < -0.39 is 16.5 Å². The number of ether oxygens (including phenoxy) is 3. The molecule has 28 heavy (non-hydrogen) atoms. The van der Waals surface area contributed by atoms with Gasteiger partial charge in [0.2, 0.25) is 0 Å². The van der Waals surface area contributed by atoms with Gasteiger partial charge < -0.3 is 24.2 Å². The van der Waals surface area contributed by atoms with Gasteiger partial charge in [0, 0.05) is 19.0 Å². The molecule has 0 aromatic heterocycles. The predicted octanol–water partition coefficient (Wildman–Crippen LogP) is 1.53. The van der Waals surface area contributed by atoms with E-state index in [1.54, 1.807) is 0 Å². The highest BCUT2D eigenvalue weighted by atomic mass is 16.6. The zero-order valence-corrected chi connectivity index (χ0v) is 15.9. The number of carbonyl (C=O) groups is 2. The molecule has 10 heteroatoms. The monoisotopic (exact) mass is 396 g/mol. The van der Waals surface area contributed by atoms with E-state index in [0.29, 0.717) is 19.4 Å². The average Bonchev–Trinajstić information content (AvgIpc) is 3.18. The summed E-state index contributed by atoms with van der Waals surface area (Å²) < 4.78 is 15.3. The molecular formula is C18H24N2O8. The number of likely N-dealkylation sites (tertiary alicyclic amines) is 1. The van der Waals surface area contributed by atoms with E-state index in [4.69, 9.17) is 9.47 Å². The third-order valence-corrected chi connectivity index (χ3v) is 4.57. The van der Waals surface area contributed by atoms with Gasteiger partial charge in [0.1, 0.15) is 5.56 Å². The summed E-state index contributed by atoms with van der Waals surface area (Å²) in [6.07, 6.45) is 1.88. The van der Waals surface area contributed by atoms with E-state index >= 15 is 0 Å². The SMILES string of the molecule is COC(=O)CCCOc1cc([N+](=O)[O-])c(C(=O)N2CCC[C@H]2CO)cc1OC. The topological polar surface area (TPSA) is 128 Å². The zero-order chi connectivity index (χ0) is 20.7. The van der Waals surface area contributed by atoms with Crippen LogP contribution < -0.4 is 9.47 Å². The second-order valence-electron chi connectivity index (χ2n) is 6.28. The molecule has 0 unspecified atom stereocenters. The maximum atomic E-state index is 12.9. The lowest BCUT2D eigenvalue weighted by Crippen LogP contribution is -2.37. The van der Waals surface area contributed by atoms with Crippen LogP contribution in [0, 0.1) is 10.1 Å². The number of benzene rings is 1. The van der Waals surface area contributed by atoms with Crippen LogP contribution in [0.3, 0.4) is 0 Å². The molecule has 0 radical (unpaired) electrons. The highest BCUT2D eigenvalue weighted by Gasteiger charge is 2.33.